The minimum absolute atomic E-state index is 0.112. The molecule has 28 heavy (non-hydrogen) atoms. The molecule has 2 aromatic rings. The second-order valence-corrected chi connectivity index (χ2v) is 7.28. The molecule has 1 aliphatic heterocycles. The van der Waals surface area contributed by atoms with Crippen LogP contribution in [0.1, 0.15) is 12.8 Å². The molecule has 0 bridgehead atoms. The van der Waals surface area contributed by atoms with Gasteiger partial charge in [0.05, 0.1) is 5.69 Å². The zero-order valence-corrected chi connectivity index (χ0v) is 15.3. The van der Waals surface area contributed by atoms with Crippen LogP contribution >= 0.6 is 0 Å². The number of anilines is 2. The van der Waals surface area contributed by atoms with Gasteiger partial charge in [0, 0.05) is 37.9 Å². The summed E-state index contributed by atoms with van der Waals surface area (Å²) in [7, 11) is 0. The smallest absolute Gasteiger partial charge is 0.240 e. The Morgan fingerprint density at radius 2 is 1.61 bits per heavy atom. The van der Waals surface area contributed by atoms with Crippen molar-refractivity contribution in [2.24, 2.45) is 5.41 Å². The molecule has 1 saturated heterocycles. The molecule has 5 nitrogen and oxygen atoms in total. The van der Waals surface area contributed by atoms with E-state index in [1.165, 1.54) is 6.07 Å². The lowest BCUT2D eigenvalue weighted by Gasteiger charge is -2.37. The molecule has 146 valence electrons. The van der Waals surface area contributed by atoms with E-state index < -0.39 is 23.0 Å². The van der Waals surface area contributed by atoms with Gasteiger partial charge in [-0.1, -0.05) is 18.2 Å². The third kappa shape index (κ3) is 3.44. The molecule has 2 amide bonds. The maximum absolute atomic E-state index is 13.8. The van der Waals surface area contributed by atoms with Crippen molar-refractivity contribution in [2.75, 3.05) is 36.4 Å². The number of carbonyl (C=O) groups excluding carboxylic acids is 2. The summed E-state index contributed by atoms with van der Waals surface area (Å²) in [5, 5.41) is 2.46. The molecule has 0 atom stereocenters. The van der Waals surface area contributed by atoms with E-state index in [2.05, 4.69) is 10.2 Å². The first-order chi connectivity index (χ1) is 13.5. The number of carbonyl (C=O) groups is 2. The molecule has 2 aromatic carbocycles. The fourth-order valence-electron chi connectivity index (χ4n) is 3.61. The van der Waals surface area contributed by atoms with Gasteiger partial charge in [0.15, 0.2) is 0 Å². The van der Waals surface area contributed by atoms with E-state index in [-0.39, 0.29) is 11.6 Å². The van der Waals surface area contributed by atoms with Crippen LogP contribution in [-0.4, -0.2) is 42.9 Å². The molecule has 0 spiro atoms. The van der Waals surface area contributed by atoms with Crippen molar-refractivity contribution in [1.29, 1.82) is 0 Å². The minimum Gasteiger partial charge on any atom is -0.368 e. The largest absolute Gasteiger partial charge is 0.368 e. The lowest BCUT2D eigenvalue weighted by Crippen LogP contribution is -2.52. The van der Waals surface area contributed by atoms with Gasteiger partial charge in [-0.3, -0.25) is 9.59 Å². The molecule has 1 saturated carbocycles. The molecular formula is C21H21F2N3O2. The molecule has 0 aromatic heterocycles. The van der Waals surface area contributed by atoms with Crippen molar-refractivity contribution < 1.29 is 18.4 Å². The Morgan fingerprint density at radius 1 is 0.929 bits per heavy atom. The van der Waals surface area contributed by atoms with Gasteiger partial charge < -0.3 is 15.1 Å². The Labute approximate surface area is 161 Å². The Morgan fingerprint density at radius 3 is 2.21 bits per heavy atom. The average molecular weight is 385 g/mol. The number of benzene rings is 2. The Hall–Kier alpha value is -2.96. The highest BCUT2D eigenvalue weighted by molar-refractivity contribution is 6.13. The molecular weight excluding hydrogens is 364 g/mol. The second-order valence-electron chi connectivity index (χ2n) is 7.28. The van der Waals surface area contributed by atoms with Crippen LogP contribution in [0.3, 0.4) is 0 Å². The standard InChI is InChI=1S/C21H21F2N3O2/c22-15-6-7-18(17(23)14-15)24-19(27)21(8-9-21)20(28)26-12-10-25(11-13-26)16-4-2-1-3-5-16/h1-7,14H,8-13H2,(H,24,27). The zero-order chi connectivity index (χ0) is 19.7. The number of para-hydroxylation sites is 1. The summed E-state index contributed by atoms with van der Waals surface area (Å²) in [4.78, 5) is 29.6. The van der Waals surface area contributed by atoms with Gasteiger partial charge in [0.25, 0.3) is 0 Å². The Bertz CT molecular complexity index is 892. The molecule has 7 heteroatoms. The van der Waals surface area contributed by atoms with Gasteiger partial charge in [-0.25, -0.2) is 8.78 Å². The summed E-state index contributed by atoms with van der Waals surface area (Å²) in [6.07, 6.45) is 0.888. The highest BCUT2D eigenvalue weighted by atomic mass is 19.1. The highest BCUT2D eigenvalue weighted by Crippen LogP contribution is 2.48. The normalized spacial score (nSPS) is 17.9. The third-order valence-electron chi connectivity index (χ3n) is 5.46. The molecule has 2 fully saturated rings. The number of piperazine rings is 1. The number of nitrogens with zero attached hydrogens (tertiary/aromatic N) is 2. The molecule has 2 aliphatic rings. The molecule has 4 rings (SSSR count). The van der Waals surface area contributed by atoms with Gasteiger partial charge in [0.2, 0.25) is 11.8 Å². The monoisotopic (exact) mass is 385 g/mol. The van der Waals surface area contributed by atoms with Crippen LogP contribution in [0, 0.1) is 17.0 Å². The maximum Gasteiger partial charge on any atom is 0.240 e. The fourth-order valence-corrected chi connectivity index (χ4v) is 3.61. The summed E-state index contributed by atoms with van der Waals surface area (Å²) in [6, 6.07) is 12.9. The number of hydrogen-bond acceptors (Lipinski definition) is 3. The number of halogens is 2. The quantitative estimate of drug-likeness (QED) is 0.824. The number of amides is 2. The van der Waals surface area contributed by atoms with Crippen LogP contribution in [0.5, 0.6) is 0 Å². The van der Waals surface area contributed by atoms with Crippen molar-refractivity contribution >= 4 is 23.2 Å². The van der Waals surface area contributed by atoms with Crippen LogP contribution in [0.2, 0.25) is 0 Å². The first-order valence-electron chi connectivity index (χ1n) is 9.35. The summed E-state index contributed by atoms with van der Waals surface area (Å²) in [5.74, 6) is -2.30. The first-order valence-corrected chi connectivity index (χ1v) is 9.35. The van der Waals surface area contributed by atoms with E-state index in [1.54, 1.807) is 4.90 Å². The predicted molar refractivity (Wildman–Crippen MR) is 102 cm³/mol. The Balaban J connectivity index is 1.40. The van der Waals surface area contributed by atoms with Crippen LogP contribution < -0.4 is 10.2 Å². The number of rotatable bonds is 4. The molecule has 0 unspecified atom stereocenters. The van der Waals surface area contributed by atoms with E-state index in [0.29, 0.717) is 45.1 Å². The summed E-state index contributed by atoms with van der Waals surface area (Å²) < 4.78 is 26.9. The third-order valence-corrected chi connectivity index (χ3v) is 5.46. The van der Waals surface area contributed by atoms with Crippen LogP contribution in [0.25, 0.3) is 0 Å². The SMILES string of the molecule is O=C(Nc1ccc(F)cc1F)C1(C(=O)N2CCN(c3ccccc3)CC2)CC1. The van der Waals surface area contributed by atoms with Gasteiger partial charge >= 0.3 is 0 Å². The van der Waals surface area contributed by atoms with Crippen molar-refractivity contribution in [3.05, 3.63) is 60.2 Å². The Kier molecular flexibility index (Phi) is 4.75. The molecule has 0 radical (unpaired) electrons. The van der Waals surface area contributed by atoms with Gasteiger partial charge in [-0.05, 0) is 37.1 Å². The maximum atomic E-state index is 13.8. The second kappa shape index (κ2) is 7.22. The first kappa shape index (κ1) is 18.4. The summed E-state index contributed by atoms with van der Waals surface area (Å²) in [6.45, 7) is 2.46. The summed E-state index contributed by atoms with van der Waals surface area (Å²) >= 11 is 0. The molecule has 1 heterocycles. The van der Waals surface area contributed by atoms with Crippen molar-refractivity contribution in [3.63, 3.8) is 0 Å². The lowest BCUT2D eigenvalue weighted by molar-refractivity contribution is -0.142. The highest BCUT2D eigenvalue weighted by Gasteiger charge is 2.58. The fraction of sp³-hybridized carbons (Fsp3) is 0.333. The minimum atomic E-state index is -1.13. The van der Waals surface area contributed by atoms with Gasteiger partial charge in [-0.15, -0.1) is 0 Å². The lowest BCUT2D eigenvalue weighted by atomic mass is 10.0. The van der Waals surface area contributed by atoms with Crippen molar-refractivity contribution in [2.45, 2.75) is 12.8 Å². The van der Waals surface area contributed by atoms with E-state index in [9.17, 15) is 18.4 Å². The van der Waals surface area contributed by atoms with Crippen LogP contribution in [0.15, 0.2) is 48.5 Å². The number of nitrogens with one attached hydrogen (secondary N) is 1. The summed E-state index contributed by atoms with van der Waals surface area (Å²) in [5.41, 5.74) is -0.130. The average Bonchev–Trinajstić information content (AvgIpc) is 3.52. The van der Waals surface area contributed by atoms with E-state index >= 15 is 0 Å². The zero-order valence-electron chi connectivity index (χ0n) is 15.3. The van der Waals surface area contributed by atoms with E-state index in [4.69, 9.17) is 0 Å². The van der Waals surface area contributed by atoms with Gasteiger partial charge in [0.1, 0.15) is 17.0 Å². The van der Waals surface area contributed by atoms with E-state index in [1.807, 2.05) is 30.3 Å². The van der Waals surface area contributed by atoms with Crippen molar-refractivity contribution in [3.8, 4) is 0 Å². The number of hydrogen-bond donors (Lipinski definition) is 1. The molecule has 1 N–H and O–H groups in total. The van der Waals surface area contributed by atoms with Crippen LogP contribution in [0.4, 0.5) is 20.2 Å². The molecule has 1 aliphatic carbocycles. The van der Waals surface area contributed by atoms with Gasteiger partial charge in [-0.2, -0.15) is 0 Å². The predicted octanol–water partition coefficient (Wildman–Crippen LogP) is 3.03. The topological polar surface area (TPSA) is 52.7 Å². The van der Waals surface area contributed by atoms with Crippen LogP contribution in [-0.2, 0) is 9.59 Å². The van der Waals surface area contributed by atoms with Crippen molar-refractivity contribution in [1.82, 2.24) is 4.90 Å². The van der Waals surface area contributed by atoms with E-state index in [0.717, 1.165) is 11.8 Å².